The Labute approximate surface area is 117 Å². The molecule has 0 aliphatic heterocycles. The Kier molecular flexibility index (Phi) is 4.03. The highest BCUT2D eigenvalue weighted by atomic mass is 19.1. The van der Waals surface area contributed by atoms with E-state index in [1.807, 2.05) is 31.2 Å². The van der Waals surface area contributed by atoms with E-state index in [-0.39, 0.29) is 11.6 Å². The summed E-state index contributed by atoms with van der Waals surface area (Å²) in [5, 5.41) is 0. The van der Waals surface area contributed by atoms with Crippen LogP contribution in [0.2, 0.25) is 0 Å². The van der Waals surface area contributed by atoms with Crippen molar-refractivity contribution in [1.82, 2.24) is 4.90 Å². The van der Waals surface area contributed by atoms with Crippen LogP contribution in [0, 0.1) is 12.7 Å². The van der Waals surface area contributed by atoms with Crippen molar-refractivity contribution < 1.29 is 9.18 Å². The largest absolute Gasteiger partial charge is 0.396 e. The van der Waals surface area contributed by atoms with E-state index in [2.05, 4.69) is 0 Å². The molecule has 0 saturated heterocycles. The van der Waals surface area contributed by atoms with Crippen molar-refractivity contribution in [3.05, 3.63) is 65.0 Å². The molecule has 2 aromatic carbocycles. The van der Waals surface area contributed by atoms with Crippen LogP contribution in [-0.2, 0) is 6.54 Å². The Balaban J connectivity index is 2.11. The third kappa shape index (κ3) is 3.15. The second-order valence-corrected chi connectivity index (χ2v) is 4.88. The van der Waals surface area contributed by atoms with Gasteiger partial charge in [0.15, 0.2) is 0 Å². The molecule has 2 N–H and O–H groups in total. The van der Waals surface area contributed by atoms with Crippen LogP contribution < -0.4 is 5.73 Å². The zero-order valence-electron chi connectivity index (χ0n) is 11.6. The molecule has 0 heterocycles. The monoisotopic (exact) mass is 272 g/mol. The predicted molar refractivity (Wildman–Crippen MR) is 77.8 cm³/mol. The third-order valence-corrected chi connectivity index (χ3v) is 3.13. The number of hydrogen-bond acceptors (Lipinski definition) is 2. The van der Waals surface area contributed by atoms with Gasteiger partial charge in [-0.15, -0.1) is 0 Å². The Hall–Kier alpha value is -2.36. The number of halogens is 1. The van der Waals surface area contributed by atoms with Gasteiger partial charge in [-0.1, -0.05) is 29.8 Å². The molecule has 3 nitrogen and oxygen atoms in total. The minimum Gasteiger partial charge on any atom is -0.396 e. The lowest BCUT2D eigenvalue weighted by Crippen LogP contribution is -2.26. The van der Waals surface area contributed by atoms with E-state index in [1.165, 1.54) is 23.8 Å². The van der Waals surface area contributed by atoms with Gasteiger partial charge in [0.2, 0.25) is 0 Å². The van der Waals surface area contributed by atoms with Crippen molar-refractivity contribution in [3.8, 4) is 0 Å². The molecule has 20 heavy (non-hydrogen) atoms. The van der Waals surface area contributed by atoms with Crippen LogP contribution in [0.1, 0.15) is 21.5 Å². The van der Waals surface area contributed by atoms with Gasteiger partial charge in [0.05, 0.1) is 5.69 Å². The molecule has 0 unspecified atom stereocenters. The second-order valence-electron chi connectivity index (χ2n) is 4.88. The zero-order chi connectivity index (χ0) is 14.7. The number of amides is 1. The highest BCUT2D eigenvalue weighted by Crippen LogP contribution is 2.15. The van der Waals surface area contributed by atoms with Gasteiger partial charge in [0, 0.05) is 19.2 Å². The Morgan fingerprint density at radius 3 is 2.45 bits per heavy atom. The summed E-state index contributed by atoms with van der Waals surface area (Å²) in [5.41, 5.74) is 8.07. The van der Waals surface area contributed by atoms with Crippen LogP contribution in [0.25, 0.3) is 0 Å². The molecule has 4 heteroatoms. The van der Waals surface area contributed by atoms with E-state index in [4.69, 9.17) is 5.73 Å². The lowest BCUT2D eigenvalue weighted by Gasteiger charge is -2.17. The molecule has 2 aromatic rings. The predicted octanol–water partition coefficient (Wildman–Crippen LogP) is 2.99. The van der Waals surface area contributed by atoms with Crippen molar-refractivity contribution in [2.24, 2.45) is 0 Å². The van der Waals surface area contributed by atoms with Crippen LogP contribution >= 0.6 is 0 Å². The number of hydrogen-bond donors (Lipinski definition) is 1. The van der Waals surface area contributed by atoms with Crippen LogP contribution in [0.3, 0.4) is 0 Å². The summed E-state index contributed by atoms with van der Waals surface area (Å²) in [7, 11) is 1.71. The Morgan fingerprint density at radius 2 is 1.85 bits per heavy atom. The molecule has 0 aliphatic carbocycles. The Morgan fingerprint density at radius 1 is 1.20 bits per heavy atom. The van der Waals surface area contributed by atoms with Gasteiger partial charge < -0.3 is 10.6 Å². The number of carbonyl (C=O) groups is 1. The summed E-state index contributed by atoms with van der Waals surface area (Å²) in [4.78, 5) is 13.8. The molecule has 0 bridgehead atoms. The van der Waals surface area contributed by atoms with Gasteiger partial charge in [-0.3, -0.25) is 4.79 Å². The van der Waals surface area contributed by atoms with Crippen LogP contribution in [0.15, 0.2) is 42.5 Å². The highest BCUT2D eigenvalue weighted by Gasteiger charge is 2.13. The van der Waals surface area contributed by atoms with Crippen molar-refractivity contribution in [1.29, 1.82) is 0 Å². The number of rotatable bonds is 3. The first-order valence-electron chi connectivity index (χ1n) is 6.33. The first kappa shape index (κ1) is 14.1. The van der Waals surface area contributed by atoms with Crippen LogP contribution in [0.5, 0.6) is 0 Å². The molecule has 0 atom stereocenters. The van der Waals surface area contributed by atoms with Crippen molar-refractivity contribution >= 4 is 11.6 Å². The minimum atomic E-state index is -0.511. The van der Waals surface area contributed by atoms with Gasteiger partial charge in [0.25, 0.3) is 5.91 Å². The molecule has 2 rings (SSSR count). The average Bonchev–Trinajstić information content (AvgIpc) is 2.43. The molecule has 1 amide bonds. The first-order chi connectivity index (χ1) is 9.47. The molecule has 0 radical (unpaired) electrons. The van der Waals surface area contributed by atoms with E-state index in [0.29, 0.717) is 12.1 Å². The summed E-state index contributed by atoms with van der Waals surface area (Å²) < 4.78 is 13.1. The number of nitrogens with two attached hydrogens (primary N) is 1. The summed E-state index contributed by atoms with van der Waals surface area (Å²) in [6.45, 7) is 2.51. The highest BCUT2D eigenvalue weighted by molar-refractivity contribution is 5.94. The van der Waals surface area contributed by atoms with Gasteiger partial charge in [0.1, 0.15) is 5.82 Å². The number of nitrogens with zero attached hydrogens (tertiary/aromatic N) is 1. The van der Waals surface area contributed by atoms with E-state index >= 15 is 0 Å². The van der Waals surface area contributed by atoms with Crippen molar-refractivity contribution in [3.63, 3.8) is 0 Å². The number of benzene rings is 2. The second kappa shape index (κ2) is 5.74. The summed E-state index contributed by atoms with van der Waals surface area (Å²) in [6, 6.07) is 12.0. The van der Waals surface area contributed by atoms with Crippen LogP contribution in [0.4, 0.5) is 10.1 Å². The van der Waals surface area contributed by atoms with Gasteiger partial charge in [-0.2, -0.15) is 0 Å². The van der Waals surface area contributed by atoms with Crippen molar-refractivity contribution in [2.45, 2.75) is 13.5 Å². The van der Waals surface area contributed by atoms with Crippen molar-refractivity contribution in [2.75, 3.05) is 12.8 Å². The van der Waals surface area contributed by atoms with Crippen LogP contribution in [-0.4, -0.2) is 17.9 Å². The van der Waals surface area contributed by atoms with E-state index in [9.17, 15) is 9.18 Å². The number of aryl methyl sites for hydroxylation is 1. The molecule has 0 spiro atoms. The standard InChI is InChI=1S/C16H17FN2O/c1-11-3-5-12(6-4-11)10-19(2)16(20)13-7-8-14(17)15(18)9-13/h3-9H,10,18H2,1-2H3. The summed E-state index contributed by atoms with van der Waals surface area (Å²) in [6.07, 6.45) is 0. The Bertz CT molecular complexity index is 623. The SMILES string of the molecule is Cc1ccc(CN(C)C(=O)c2ccc(F)c(N)c2)cc1. The fraction of sp³-hybridized carbons (Fsp3) is 0.188. The molecule has 0 aromatic heterocycles. The molecule has 0 aliphatic rings. The normalized spacial score (nSPS) is 10.3. The zero-order valence-corrected chi connectivity index (χ0v) is 11.6. The minimum absolute atomic E-state index is 0.0143. The lowest BCUT2D eigenvalue weighted by molar-refractivity contribution is 0.0785. The topological polar surface area (TPSA) is 46.3 Å². The number of nitrogen functional groups attached to an aromatic ring is 1. The maximum absolute atomic E-state index is 13.1. The third-order valence-electron chi connectivity index (χ3n) is 3.13. The molecule has 104 valence electrons. The fourth-order valence-electron chi connectivity index (χ4n) is 1.94. The number of carbonyl (C=O) groups excluding carboxylic acids is 1. The maximum Gasteiger partial charge on any atom is 0.253 e. The molecular weight excluding hydrogens is 255 g/mol. The van der Waals surface area contributed by atoms with Gasteiger partial charge in [-0.05, 0) is 30.7 Å². The summed E-state index contributed by atoms with van der Waals surface area (Å²) in [5.74, 6) is -0.694. The quantitative estimate of drug-likeness (QED) is 0.873. The van der Waals surface area contributed by atoms with Gasteiger partial charge >= 0.3 is 0 Å². The molecule has 0 fully saturated rings. The average molecular weight is 272 g/mol. The van der Waals surface area contributed by atoms with E-state index < -0.39 is 5.82 Å². The van der Waals surface area contributed by atoms with E-state index in [0.717, 1.165) is 5.56 Å². The smallest absolute Gasteiger partial charge is 0.253 e. The van der Waals surface area contributed by atoms with Gasteiger partial charge in [-0.25, -0.2) is 4.39 Å². The fourth-order valence-corrected chi connectivity index (χ4v) is 1.94. The molecule has 0 saturated carbocycles. The lowest BCUT2D eigenvalue weighted by atomic mass is 10.1. The maximum atomic E-state index is 13.1. The number of anilines is 1. The molecular formula is C16H17FN2O. The first-order valence-corrected chi connectivity index (χ1v) is 6.33. The summed E-state index contributed by atoms with van der Waals surface area (Å²) >= 11 is 0. The van der Waals surface area contributed by atoms with E-state index in [1.54, 1.807) is 11.9 Å².